The fourth-order valence-corrected chi connectivity index (χ4v) is 5.63. The van der Waals surface area contributed by atoms with Crippen LogP contribution < -0.4 is 0 Å². The lowest BCUT2D eigenvalue weighted by Crippen LogP contribution is -2.62. The van der Waals surface area contributed by atoms with Gasteiger partial charge < -0.3 is 14.7 Å². The van der Waals surface area contributed by atoms with E-state index in [1.807, 2.05) is 0 Å². The predicted molar refractivity (Wildman–Crippen MR) is 127 cm³/mol. The van der Waals surface area contributed by atoms with Crippen molar-refractivity contribution >= 4 is 12.1 Å². The fourth-order valence-electron chi connectivity index (χ4n) is 5.63. The summed E-state index contributed by atoms with van der Waals surface area (Å²) in [5, 5.41) is 9.30. The second-order valence-corrected chi connectivity index (χ2v) is 11.3. The summed E-state index contributed by atoms with van der Waals surface area (Å²) in [6, 6.07) is 0.962. The van der Waals surface area contributed by atoms with E-state index in [2.05, 4.69) is 0 Å². The molecule has 1 heterocycles. The SMILES string of the molecule is CC(C)(C)OC(=O)C1(c2cc(C(F)F)ccc2CN2CCN(C(=O)O)CC2C(C(F)(F)F)C(F)(F)F)CCCC1. The van der Waals surface area contributed by atoms with E-state index in [1.165, 1.54) is 6.07 Å². The summed E-state index contributed by atoms with van der Waals surface area (Å²) in [6.45, 7) is 2.39. The summed E-state index contributed by atoms with van der Waals surface area (Å²) < 4.78 is 116. The predicted octanol–water partition coefficient (Wildman–Crippen LogP) is 6.68. The van der Waals surface area contributed by atoms with Crippen LogP contribution in [-0.2, 0) is 21.5 Å². The molecule has 0 aromatic heterocycles. The van der Waals surface area contributed by atoms with Gasteiger partial charge in [-0.25, -0.2) is 13.6 Å². The first-order valence-electron chi connectivity index (χ1n) is 12.8. The van der Waals surface area contributed by atoms with Crippen LogP contribution in [0.1, 0.15) is 69.6 Å². The number of carboxylic acid groups (broad SMARTS) is 1. The van der Waals surface area contributed by atoms with Gasteiger partial charge in [-0.1, -0.05) is 25.0 Å². The zero-order valence-corrected chi connectivity index (χ0v) is 22.2. The number of rotatable bonds is 6. The Kier molecular flexibility index (Phi) is 9.03. The van der Waals surface area contributed by atoms with Crippen LogP contribution in [0.15, 0.2) is 18.2 Å². The highest BCUT2D eigenvalue weighted by Crippen LogP contribution is 2.47. The molecule has 6 nitrogen and oxygen atoms in total. The van der Waals surface area contributed by atoms with Crippen molar-refractivity contribution in [3.63, 3.8) is 0 Å². The van der Waals surface area contributed by atoms with E-state index in [9.17, 15) is 49.8 Å². The number of ether oxygens (including phenoxy) is 1. The Morgan fingerprint density at radius 2 is 1.60 bits per heavy atom. The van der Waals surface area contributed by atoms with Crippen LogP contribution in [0.2, 0.25) is 0 Å². The van der Waals surface area contributed by atoms with Gasteiger partial charge in [0.2, 0.25) is 0 Å². The number of benzene rings is 1. The Balaban J connectivity index is 2.13. The lowest BCUT2D eigenvalue weighted by Gasteiger charge is -2.45. The molecule has 1 aliphatic heterocycles. The van der Waals surface area contributed by atoms with Gasteiger partial charge in [0.1, 0.15) is 5.60 Å². The lowest BCUT2D eigenvalue weighted by atomic mass is 9.75. The van der Waals surface area contributed by atoms with E-state index in [0.717, 1.165) is 17.0 Å². The van der Waals surface area contributed by atoms with Gasteiger partial charge in [-0.15, -0.1) is 0 Å². The third-order valence-corrected chi connectivity index (χ3v) is 7.42. The fraction of sp³-hybridized carbons (Fsp3) is 0.692. The number of nitrogens with zero attached hydrogens (tertiary/aromatic N) is 2. The third kappa shape index (κ3) is 6.98. The number of esters is 1. The first-order valence-corrected chi connectivity index (χ1v) is 12.8. The number of hydrogen-bond acceptors (Lipinski definition) is 4. The minimum absolute atomic E-state index is 0.0760. The van der Waals surface area contributed by atoms with Crippen LogP contribution >= 0.6 is 0 Å². The van der Waals surface area contributed by atoms with Crippen LogP contribution in [0.4, 0.5) is 39.9 Å². The molecule has 1 aliphatic carbocycles. The zero-order valence-electron chi connectivity index (χ0n) is 22.2. The molecule has 1 amide bonds. The van der Waals surface area contributed by atoms with Gasteiger partial charge in [-0.05, 0) is 50.8 Å². The van der Waals surface area contributed by atoms with Crippen molar-refractivity contribution in [1.82, 2.24) is 9.80 Å². The number of halogens is 8. The van der Waals surface area contributed by atoms with Crippen molar-refractivity contribution < 1.29 is 54.6 Å². The van der Waals surface area contributed by atoms with Crippen LogP contribution in [-0.4, -0.2) is 70.6 Å². The highest BCUT2D eigenvalue weighted by molar-refractivity contribution is 5.84. The summed E-state index contributed by atoms with van der Waals surface area (Å²) >= 11 is 0. The quantitative estimate of drug-likeness (QED) is 0.297. The average Bonchev–Trinajstić information content (AvgIpc) is 3.28. The smallest absolute Gasteiger partial charge is 0.407 e. The molecule has 1 atom stereocenters. The summed E-state index contributed by atoms with van der Waals surface area (Å²) in [4.78, 5) is 26.3. The first kappa shape index (κ1) is 31.9. The Morgan fingerprint density at radius 1 is 1.02 bits per heavy atom. The molecule has 1 saturated carbocycles. The first-order chi connectivity index (χ1) is 18.3. The number of carbonyl (C=O) groups excluding carboxylic acids is 1. The maximum absolute atomic E-state index is 13.8. The van der Waals surface area contributed by atoms with E-state index < -0.39 is 79.0 Å². The molecule has 2 fully saturated rings. The number of alkyl halides is 8. The topological polar surface area (TPSA) is 70.1 Å². The van der Waals surface area contributed by atoms with Crippen molar-refractivity contribution in [3.05, 3.63) is 34.9 Å². The van der Waals surface area contributed by atoms with Crippen LogP contribution in [0.5, 0.6) is 0 Å². The second kappa shape index (κ2) is 11.3. The largest absolute Gasteiger partial charge is 0.465 e. The molecule has 2 aliphatic rings. The van der Waals surface area contributed by atoms with E-state index in [4.69, 9.17) is 4.74 Å². The molecule has 0 spiro atoms. The van der Waals surface area contributed by atoms with Gasteiger partial charge >= 0.3 is 24.4 Å². The Hall–Kier alpha value is -2.64. The molecule has 1 N–H and O–H groups in total. The standard InChI is InChI=1S/C26H32F8N2O4/c1-23(2,3)40-21(37)24(8-4-5-9-24)17-12-15(20(27)28)6-7-16(17)13-35-10-11-36(22(38)39)14-18(35)19(25(29,30)31)26(32,33)34/h6-7,12,18-20H,4-5,8-11,13-14H2,1-3H3,(H,38,39). The maximum atomic E-state index is 13.8. The summed E-state index contributed by atoms with van der Waals surface area (Å²) in [6.07, 6.45) is -14.6. The highest BCUT2D eigenvalue weighted by Gasteiger charge is 2.62. The van der Waals surface area contributed by atoms with Gasteiger partial charge in [-0.3, -0.25) is 9.69 Å². The summed E-state index contributed by atoms with van der Waals surface area (Å²) in [7, 11) is 0. The molecule has 1 saturated heterocycles. The lowest BCUT2D eigenvalue weighted by molar-refractivity contribution is -0.302. The van der Waals surface area contributed by atoms with Gasteiger partial charge in [0.05, 0.1) is 5.41 Å². The van der Waals surface area contributed by atoms with Crippen molar-refractivity contribution in [2.45, 2.75) is 88.8 Å². The van der Waals surface area contributed by atoms with E-state index in [0.29, 0.717) is 17.7 Å². The van der Waals surface area contributed by atoms with E-state index in [1.54, 1.807) is 20.8 Å². The molecular formula is C26H32F8N2O4. The molecule has 1 aromatic carbocycles. The number of hydrogen-bond donors (Lipinski definition) is 1. The Bertz CT molecular complexity index is 1060. The van der Waals surface area contributed by atoms with Crippen molar-refractivity contribution in [2.24, 2.45) is 5.92 Å². The molecule has 1 unspecified atom stereocenters. The van der Waals surface area contributed by atoms with Gasteiger partial charge in [0.15, 0.2) is 5.92 Å². The molecular weight excluding hydrogens is 556 g/mol. The monoisotopic (exact) mass is 588 g/mol. The van der Waals surface area contributed by atoms with Crippen LogP contribution in [0.3, 0.4) is 0 Å². The minimum Gasteiger partial charge on any atom is -0.465 e. The van der Waals surface area contributed by atoms with Crippen LogP contribution in [0, 0.1) is 5.92 Å². The summed E-state index contributed by atoms with van der Waals surface area (Å²) in [5.74, 6) is -4.57. The van der Waals surface area contributed by atoms with E-state index >= 15 is 0 Å². The molecule has 3 rings (SSSR count). The molecule has 14 heteroatoms. The molecule has 226 valence electrons. The van der Waals surface area contributed by atoms with E-state index in [-0.39, 0.29) is 30.5 Å². The van der Waals surface area contributed by atoms with Gasteiger partial charge in [-0.2, -0.15) is 26.3 Å². The number of carbonyl (C=O) groups is 2. The average molecular weight is 589 g/mol. The molecule has 0 bridgehead atoms. The van der Waals surface area contributed by atoms with Crippen molar-refractivity contribution in [1.29, 1.82) is 0 Å². The van der Waals surface area contributed by atoms with Crippen LogP contribution in [0.25, 0.3) is 0 Å². The molecule has 1 aromatic rings. The molecule has 40 heavy (non-hydrogen) atoms. The summed E-state index contributed by atoms with van der Waals surface area (Å²) in [5.41, 5.74) is -2.64. The highest BCUT2D eigenvalue weighted by atomic mass is 19.4. The number of amides is 1. The number of piperazine rings is 1. The maximum Gasteiger partial charge on any atom is 0.407 e. The van der Waals surface area contributed by atoms with Gasteiger partial charge in [0, 0.05) is 37.8 Å². The minimum atomic E-state index is -5.74. The third-order valence-electron chi connectivity index (χ3n) is 7.42. The Morgan fingerprint density at radius 3 is 2.08 bits per heavy atom. The molecule has 0 radical (unpaired) electrons. The van der Waals surface area contributed by atoms with Gasteiger partial charge in [0.25, 0.3) is 6.43 Å². The normalized spacial score (nSPS) is 20.8. The van der Waals surface area contributed by atoms with Crippen molar-refractivity contribution in [2.75, 3.05) is 19.6 Å². The zero-order chi connectivity index (χ0) is 30.3. The Labute approximate surface area is 226 Å². The van der Waals surface area contributed by atoms with Crippen molar-refractivity contribution in [3.8, 4) is 0 Å². The second-order valence-electron chi connectivity index (χ2n) is 11.3.